The number of carboxylic acid groups (broad SMARTS) is 1. The summed E-state index contributed by atoms with van der Waals surface area (Å²) in [5.74, 6) is -1.14. The predicted octanol–water partition coefficient (Wildman–Crippen LogP) is 2.57. The van der Waals surface area contributed by atoms with Crippen LogP contribution < -0.4 is 0 Å². The number of nitrogens with zero attached hydrogens (tertiary/aromatic N) is 1. The van der Waals surface area contributed by atoms with Gasteiger partial charge in [0.05, 0.1) is 11.5 Å². The molecule has 126 valence electrons. The lowest BCUT2D eigenvalue weighted by atomic mass is 9.62. The Kier molecular flexibility index (Phi) is 4.43. The molecule has 4 nitrogen and oxygen atoms in total. The summed E-state index contributed by atoms with van der Waals surface area (Å²) in [7, 11) is 0. The van der Waals surface area contributed by atoms with Crippen molar-refractivity contribution in [3.63, 3.8) is 0 Å². The molecule has 2 fully saturated rings. The number of hydrogen-bond donors (Lipinski definition) is 2. The van der Waals surface area contributed by atoms with Crippen molar-refractivity contribution in [2.45, 2.75) is 44.8 Å². The van der Waals surface area contributed by atoms with Crippen LogP contribution in [0.2, 0.25) is 0 Å². The Labute approximate surface area is 135 Å². The van der Waals surface area contributed by atoms with Gasteiger partial charge in [0.2, 0.25) is 0 Å². The second-order valence-electron chi connectivity index (χ2n) is 7.18. The van der Waals surface area contributed by atoms with Crippen LogP contribution in [0.25, 0.3) is 0 Å². The van der Waals surface area contributed by atoms with Gasteiger partial charge in [-0.3, -0.25) is 9.69 Å². The zero-order valence-corrected chi connectivity index (χ0v) is 13.5. The molecule has 1 aliphatic carbocycles. The third-order valence-corrected chi connectivity index (χ3v) is 5.53. The van der Waals surface area contributed by atoms with Crippen molar-refractivity contribution in [1.82, 2.24) is 4.90 Å². The van der Waals surface area contributed by atoms with Crippen molar-refractivity contribution < 1.29 is 19.4 Å². The zero-order chi connectivity index (χ0) is 16.6. The topological polar surface area (TPSA) is 60.8 Å². The fraction of sp³-hybridized carbons (Fsp3) is 0.611. The standard InChI is InChI=1S/C18H24FNO3/c1-12-8-13(2-3-16(12)19)11-20-6-4-15(5-7-20)18(23)9-14(10-18)17(21)22/h2-3,8,14-15,23H,4-7,9-11H2,1H3,(H,21,22). The minimum atomic E-state index is -0.793. The SMILES string of the molecule is Cc1cc(CN2CCC(C3(O)CC(C(=O)O)C3)CC2)ccc1F. The number of carboxylic acids is 1. The first-order chi connectivity index (χ1) is 10.9. The maximum atomic E-state index is 13.3. The van der Waals surface area contributed by atoms with Gasteiger partial charge in [-0.15, -0.1) is 0 Å². The monoisotopic (exact) mass is 321 g/mol. The highest BCUT2D eigenvalue weighted by molar-refractivity contribution is 5.71. The number of hydrogen-bond acceptors (Lipinski definition) is 3. The van der Waals surface area contributed by atoms with E-state index in [-0.39, 0.29) is 17.7 Å². The minimum absolute atomic E-state index is 0.173. The lowest BCUT2D eigenvalue weighted by Crippen LogP contribution is -2.54. The molecule has 0 atom stereocenters. The highest BCUT2D eigenvalue weighted by atomic mass is 19.1. The van der Waals surface area contributed by atoms with Crippen LogP contribution in [-0.2, 0) is 11.3 Å². The Balaban J connectivity index is 1.51. The molecule has 0 amide bonds. The van der Waals surface area contributed by atoms with E-state index in [1.165, 1.54) is 6.07 Å². The Hall–Kier alpha value is -1.46. The Morgan fingerprint density at radius 1 is 1.35 bits per heavy atom. The first-order valence-electron chi connectivity index (χ1n) is 8.30. The van der Waals surface area contributed by atoms with E-state index in [9.17, 15) is 14.3 Å². The van der Waals surface area contributed by atoms with Crippen molar-refractivity contribution in [1.29, 1.82) is 0 Å². The molecule has 3 rings (SSSR count). The third kappa shape index (κ3) is 3.40. The second kappa shape index (κ2) is 6.21. The molecule has 1 aromatic carbocycles. The molecular formula is C18H24FNO3. The highest BCUT2D eigenvalue weighted by Gasteiger charge is 2.51. The lowest BCUT2D eigenvalue weighted by molar-refractivity contribution is -0.170. The molecule has 2 N–H and O–H groups in total. The first kappa shape index (κ1) is 16.4. The minimum Gasteiger partial charge on any atom is -0.481 e. The van der Waals surface area contributed by atoms with Gasteiger partial charge >= 0.3 is 5.97 Å². The first-order valence-corrected chi connectivity index (χ1v) is 8.30. The Morgan fingerprint density at radius 2 is 2.00 bits per heavy atom. The van der Waals surface area contributed by atoms with Crippen LogP contribution in [-0.4, -0.2) is 39.8 Å². The number of halogens is 1. The summed E-state index contributed by atoms with van der Waals surface area (Å²) in [5.41, 5.74) is 0.998. The predicted molar refractivity (Wildman–Crippen MR) is 84.4 cm³/mol. The van der Waals surface area contributed by atoms with Gasteiger partial charge in [-0.25, -0.2) is 4.39 Å². The molecule has 1 heterocycles. The molecule has 2 aliphatic rings. The summed E-state index contributed by atoms with van der Waals surface area (Å²) in [6.07, 6.45) is 2.57. The van der Waals surface area contributed by atoms with Crippen LogP contribution >= 0.6 is 0 Å². The van der Waals surface area contributed by atoms with Gasteiger partial charge in [-0.2, -0.15) is 0 Å². The van der Waals surface area contributed by atoms with Crippen LogP contribution in [0.3, 0.4) is 0 Å². The molecule has 1 aliphatic heterocycles. The molecule has 23 heavy (non-hydrogen) atoms. The number of rotatable bonds is 4. The lowest BCUT2D eigenvalue weighted by Gasteiger charge is -2.49. The van der Waals surface area contributed by atoms with Crippen molar-refractivity contribution in [3.05, 3.63) is 35.1 Å². The molecule has 1 aromatic rings. The van der Waals surface area contributed by atoms with Crippen LogP contribution in [0.15, 0.2) is 18.2 Å². The fourth-order valence-electron chi connectivity index (χ4n) is 3.99. The van der Waals surface area contributed by atoms with Gasteiger partial charge in [0.15, 0.2) is 0 Å². The Morgan fingerprint density at radius 3 is 2.57 bits per heavy atom. The van der Waals surface area contributed by atoms with Gasteiger partial charge in [-0.05, 0) is 68.8 Å². The molecule has 0 unspecified atom stereocenters. The molecule has 0 aromatic heterocycles. The number of carbonyl (C=O) groups is 1. The van der Waals surface area contributed by atoms with E-state index >= 15 is 0 Å². The van der Waals surface area contributed by atoms with Crippen LogP contribution in [0.4, 0.5) is 4.39 Å². The maximum Gasteiger partial charge on any atom is 0.306 e. The number of benzene rings is 1. The van der Waals surface area contributed by atoms with Gasteiger partial charge in [-0.1, -0.05) is 12.1 Å². The van der Waals surface area contributed by atoms with Gasteiger partial charge < -0.3 is 10.2 Å². The van der Waals surface area contributed by atoms with Crippen molar-refractivity contribution >= 4 is 5.97 Å². The van der Waals surface area contributed by atoms with Gasteiger partial charge in [0.1, 0.15) is 5.82 Å². The van der Waals surface area contributed by atoms with E-state index in [4.69, 9.17) is 5.11 Å². The summed E-state index contributed by atoms with van der Waals surface area (Å²) in [5, 5.41) is 19.5. The number of aliphatic carboxylic acids is 1. The highest BCUT2D eigenvalue weighted by Crippen LogP contribution is 2.46. The van der Waals surface area contributed by atoms with Crippen molar-refractivity contribution in [2.75, 3.05) is 13.1 Å². The summed E-state index contributed by atoms with van der Waals surface area (Å²) in [6, 6.07) is 5.23. The fourth-order valence-corrected chi connectivity index (χ4v) is 3.99. The summed E-state index contributed by atoms with van der Waals surface area (Å²) in [4.78, 5) is 13.2. The molecule has 5 heteroatoms. The van der Waals surface area contributed by atoms with Gasteiger partial charge in [0.25, 0.3) is 0 Å². The van der Waals surface area contributed by atoms with Crippen molar-refractivity contribution in [2.24, 2.45) is 11.8 Å². The average molecular weight is 321 g/mol. The van der Waals surface area contributed by atoms with E-state index in [1.54, 1.807) is 6.92 Å². The average Bonchev–Trinajstić information content (AvgIpc) is 2.48. The normalized spacial score (nSPS) is 29.3. The zero-order valence-electron chi connectivity index (χ0n) is 13.5. The Bertz CT molecular complexity index is 590. The summed E-state index contributed by atoms with van der Waals surface area (Å²) < 4.78 is 13.3. The number of piperidine rings is 1. The molecule has 0 spiro atoms. The molecular weight excluding hydrogens is 297 g/mol. The summed E-state index contributed by atoms with van der Waals surface area (Å²) in [6.45, 7) is 4.35. The van der Waals surface area contributed by atoms with Crippen molar-refractivity contribution in [3.8, 4) is 0 Å². The molecule has 0 bridgehead atoms. The number of aryl methyl sites for hydroxylation is 1. The van der Waals surface area contributed by atoms with E-state index in [0.717, 1.165) is 38.0 Å². The van der Waals surface area contributed by atoms with E-state index in [1.807, 2.05) is 12.1 Å². The number of aliphatic hydroxyl groups is 1. The molecule has 0 radical (unpaired) electrons. The van der Waals surface area contributed by atoms with Gasteiger partial charge in [0, 0.05) is 6.54 Å². The number of likely N-dealkylation sites (tertiary alicyclic amines) is 1. The second-order valence-corrected chi connectivity index (χ2v) is 7.18. The summed E-state index contributed by atoms with van der Waals surface area (Å²) >= 11 is 0. The largest absolute Gasteiger partial charge is 0.481 e. The quantitative estimate of drug-likeness (QED) is 0.895. The van der Waals surface area contributed by atoms with E-state index in [2.05, 4.69) is 4.90 Å². The van der Waals surface area contributed by atoms with Crippen LogP contribution in [0.1, 0.15) is 36.8 Å². The van der Waals surface area contributed by atoms with Crippen LogP contribution in [0.5, 0.6) is 0 Å². The maximum absolute atomic E-state index is 13.3. The molecule has 1 saturated heterocycles. The third-order valence-electron chi connectivity index (χ3n) is 5.53. The molecule has 1 saturated carbocycles. The van der Waals surface area contributed by atoms with Crippen LogP contribution in [0, 0.1) is 24.6 Å². The van der Waals surface area contributed by atoms with E-state index < -0.39 is 11.6 Å². The van der Waals surface area contributed by atoms with E-state index in [0.29, 0.717) is 18.4 Å². The smallest absolute Gasteiger partial charge is 0.306 e.